The van der Waals surface area contributed by atoms with Gasteiger partial charge in [0.05, 0.1) is 9.82 Å². The van der Waals surface area contributed by atoms with Crippen molar-refractivity contribution in [2.24, 2.45) is 0 Å². The Labute approximate surface area is 177 Å². The fourth-order valence-electron chi connectivity index (χ4n) is 3.22. The number of rotatable bonds is 12. The first-order chi connectivity index (χ1) is 14.3. The number of non-ortho nitro benzene ring substituents is 1. The molecule has 0 heterocycles. The van der Waals surface area contributed by atoms with Crippen molar-refractivity contribution in [2.45, 2.75) is 63.2 Å². The van der Waals surface area contributed by atoms with Gasteiger partial charge in [-0.3, -0.25) is 14.9 Å². The van der Waals surface area contributed by atoms with Gasteiger partial charge in [-0.25, -0.2) is 13.1 Å². The number of nitrogens with zero attached hydrogens (tertiary/aromatic N) is 1. The van der Waals surface area contributed by atoms with Crippen LogP contribution < -0.4 is 4.72 Å². The third kappa shape index (κ3) is 6.95. The van der Waals surface area contributed by atoms with Crippen LogP contribution in [0.4, 0.5) is 5.69 Å². The van der Waals surface area contributed by atoms with Gasteiger partial charge >= 0.3 is 0 Å². The first kappa shape index (κ1) is 23.5. The Kier molecular flexibility index (Phi) is 8.98. The molecule has 0 atom stereocenters. The number of unbranched alkanes of at least 4 members (excludes halogenated alkanes) is 6. The number of nitro benzene ring substituents is 1. The normalized spacial score (nSPS) is 11.2. The summed E-state index contributed by atoms with van der Waals surface area (Å²) in [6.07, 6.45) is 8.79. The van der Waals surface area contributed by atoms with Crippen molar-refractivity contribution in [3.63, 3.8) is 0 Å². The van der Waals surface area contributed by atoms with Gasteiger partial charge in [-0.2, -0.15) is 0 Å². The SMILES string of the molecule is CCCCCCCCCc1ccccc1C(=O)NS(=O)(=O)c1ccc([N+](=O)[O-])cc1. The lowest BCUT2D eigenvalue weighted by Gasteiger charge is -2.11. The highest BCUT2D eigenvalue weighted by Crippen LogP contribution is 2.18. The minimum absolute atomic E-state index is 0.203. The summed E-state index contributed by atoms with van der Waals surface area (Å²) in [5, 5.41) is 10.7. The maximum Gasteiger partial charge on any atom is 0.269 e. The summed E-state index contributed by atoms with van der Waals surface area (Å²) in [5.74, 6) is -0.702. The van der Waals surface area contributed by atoms with Crippen LogP contribution in [0, 0.1) is 10.1 Å². The standard InChI is InChI=1S/C22H28N2O5S/c1-2-3-4-5-6-7-8-11-18-12-9-10-13-21(18)22(25)23-30(28,29)20-16-14-19(15-17-20)24(26)27/h9-10,12-17H,2-8,11H2,1H3,(H,23,25). The van der Waals surface area contributed by atoms with E-state index < -0.39 is 20.9 Å². The average molecular weight is 433 g/mol. The Balaban J connectivity index is 2.00. The fraction of sp³-hybridized carbons (Fsp3) is 0.409. The topological polar surface area (TPSA) is 106 Å². The molecule has 162 valence electrons. The number of hydrogen-bond acceptors (Lipinski definition) is 5. The summed E-state index contributed by atoms with van der Waals surface area (Å²) in [5.41, 5.74) is 0.914. The maximum atomic E-state index is 12.6. The maximum absolute atomic E-state index is 12.6. The highest BCUT2D eigenvalue weighted by atomic mass is 32.2. The van der Waals surface area contributed by atoms with Crippen molar-refractivity contribution in [3.8, 4) is 0 Å². The van der Waals surface area contributed by atoms with Crippen LogP contribution in [0.15, 0.2) is 53.4 Å². The van der Waals surface area contributed by atoms with Gasteiger partial charge in [0.15, 0.2) is 0 Å². The van der Waals surface area contributed by atoms with Gasteiger partial charge in [0.1, 0.15) is 0 Å². The van der Waals surface area contributed by atoms with E-state index in [1.54, 1.807) is 12.1 Å². The van der Waals surface area contributed by atoms with Crippen molar-refractivity contribution in [1.82, 2.24) is 4.72 Å². The van der Waals surface area contributed by atoms with Crippen molar-refractivity contribution >= 4 is 21.6 Å². The van der Waals surface area contributed by atoms with E-state index in [9.17, 15) is 23.3 Å². The van der Waals surface area contributed by atoms with Gasteiger partial charge in [-0.05, 0) is 36.6 Å². The highest BCUT2D eigenvalue weighted by Gasteiger charge is 2.21. The fourth-order valence-corrected chi connectivity index (χ4v) is 4.18. The van der Waals surface area contributed by atoms with Crippen LogP contribution in [-0.2, 0) is 16.4 Å². The Morgan fingerprint density at radius 1 is 0.933 bits per heavy atom. The number of nitrogens with one attached hydrogen (secondary N) is 1. The number of amides is 1. The van der Waals surface area contributed by atoms with Gasteiger partial charge in [0.25, 0.3) is 21.6 Å². The van der Waals surface area contributed by atoms with E-state index in [1.165, 1.54) is 25.7 Å². The Bertz CT molecular complexity index is 956. The van der Waals surface area contributed by atoms with E-state index >= 15 is 0 Å². The zero-order valence-corrected chi connectivity index (χ0v) is 18.0. The molecule has 0 aliphatic heterocycles. The molecule has 0 saturated carbocycles. The second-order valence-electron chi connectivity index (χ2n) is 7.21. The van der Waals surface area contributed by atoms with Gasteiger partial charge in [-0.15, -0.1) is 0 Å². The molecule has 0 spiro atoms. The molecule has 0 radical (unpaired) electrons. The molecule has 30 heavy (non-hydrogen) atoms. The minimum Gasteiger partial charge on any atom is -0.268 e. The van der Waals surface area contributed by atoms with E-state index in [-0.39, 0.29) is 10.6 Å². The molecule has 0 saturated heterocycles. The van der Waals surface area contributed by atoms with Crippen LogP contribution in [0.1, 0.15) is 67.8 Å². The molecular formula is C22H28N2O5S. The monoisotopic (exact) mass is 432 g/mol. The minimum atomic E-state index is -4.13. The number of benzene rings is 2. The zero-order valence-electron chi connectivity index (χ0n) is 17.2. The molecule has 2 aromatic carbocycles. The molecule has 0 aliphatic carbocycles. The summed E-state index contributed by atoms with van der Waals surface area (Å²) in [6, 6.07) is 11.4. The van der Waals surface area contributed by atoms with Crippen molar-refractivity contribution in [2.75, 3.05) is 0 Å². The third-order valence-electron chi connectivity index (χ3n) is 4.90. The van der Waals surface area contributed by atoms with E-state index in [2.05, 4.69) is 11.6 Å². The first-order valence-corrected chi connectivity index (χ1v) is 11.7. The average Bonchev–Trinajstić information content (AvgIpc) is 2.73. The zero-order chi connectivity index (χ0) is 22.0. The molecule has 1 N–H and O–H groups in total. The number of nitro groups is 1. The van der Waals surface area contributed by atoms with Crippen LogP contribution in [-0.4, -0.2) is 19.2 Å². The first-order valence-electron chi connectivity index (χ1n) is 10.2. The number of carbonyl (C=O) groups excluding carboxylic acids is 1. The highest BCUT2D eigenvalue weighted by molar-refractivity contribution is 7.90. The van der Waals surface area contributed by atoms with E-state index in [0.29, 0.717) is 12.0 Å². The lowest BCUT2D eigenvalue weighted by atomic mass is 10.00. The quantitative estimate of drug-likeness (QED) is 0.288. The van der Waals surface area contributed by atoms with Crippen LogP contribution in [0.25, 0.3) is 0 Å². The van der Waals surface area contributed by atoms with Crippen molar-refractivity contribution in [1.29, 1.82) is 0 Å². The lowest BCUT2D eigenvalue weighted by molar-refractivity contribution is -0.384. The van der Waals surface area contributed by atoms with Crippen molar-refractivity contribution in [3.05, 3.63) is 69.8 Å². The molecule has 2 rings (SSSR count). The number of hydrogen-bond donors (Lipinski definition) is 1. The van der Waals surface area contributed by atoms with Gasteiger partial charge in [0, 0.05) is 17.7 Å². The summed E-state index contributed by atoms with van der Waals surface area (Å²) < 4.78 is 27.1. The largest absolute Gasteiger partial charge is 0.269 e. The summed E-state index contributed by atoms with van der Waals surface area (Å²) >= 11 is 0. The molecule has 0 aromatic heterocycles. The summed E-state index contributed by atoms with van der Waals surface area (Å²) in [6.45, 7) is 2.18. The molecule has 1 amide bonds. The van der Waals surface area contributed by atoms with Crippen LogP contribution >= 0.6 is 0 Å². The Morgan fingerprint density at radius 3 is 2.17 bits per heavy atom. The molecule has 8 heteroatoms. The lowest BCUT2D eigenvalue weighted by Crippen LogP contribution is -2.31. The van der Waals surface area contributed by atoms with E-state index in [1.807, 2.05) is 12.1 Å². The third-order valence-corrected chi connectivity index (χ3v) is 6.24. The predicted molar refractivity (Wildman–Crippen MR) is 116 cm³/mol. The molecule has 0 fully saturated rings. The van der Waals surface area contributed by atoms with E-state index in [0.717, 1.165) is 49.1 Å². The second-order valence-corrected chi connectivity index (χ2v) is 8.90. The molecule has 0 bridgehead atoms. The molecule has 0 aliphatic rings. The van der Waals surface area contributed by atoms with Gasteiger partial charge in [-0.1, -0.05) is 63.6 Å². The number of sulfonamides is 1. The predicted octanol–water partition coefficient (Wildman–Crippen LogP) is 5.01. The molecule has 7 nitrogen and oxygen atoms in total. The summed E-state index contributed by atoms with van der Waals surface area (Å²) in [7, 11) is -4.13. The molecular weight excluding hydrogens is 404 g/mol. The second kappa shape index (κ2) is 11.4. The Hall–Kier alpha value is -2.74. The van der Waals surface area contributed by atoms with Crippen LogP contribution in [0.2, 0.25) is 0 Å². The van der Waals surface area contributed by atoms with Crippen LogP contribution in [0.5, 0.6) is 0 Å². The van der Waals surface area contributed by atoms with Gasteiger partial charge < -0.3 is 0 Å². The van der Waals surface area contributed by atoms with E-state index in [4.69, 9.17) is 0 Å². The summed E-state index contributed by atoms with van der Waals surface area (Å²) in [4.78, 5) is 22.5. The van der Waals surface area contributed by atoms with Crippen molar-refractivity contribution < 1.29 is 18.1 Å². The smallest absolute Gasteiger partial charge is 0.268 e. The van der Waals surface area contributed by atoms with Gasteiger partial charge in [0.2, 0.25) is 0 Å². The molecule has 2 aromatic rings. The number of aryl methyl sites for hydroxylation is 1. The number of carbonyl (C=O) groups is 1. The Morgan fingerprint density at radius 2 is 1.53 bits per heavy atom. The van der Waals surface area contributed by atoms with Crippen LogP contribution in [0.3, 0.4) is 0 Å². The molecule has 0 unspecified atom stereocenters.